The van der Waals surface area contributed by atoms with Crippen LogP contribution in [0.4, 0.5) is 11.4 Å². The predicted molar refractivity (Wildman–Crippen MR) is 96.8 cm³/mol. The lowest BCUT2D eigenvalue weighted by Crippen LogP contribution is -2.31. The van der Waals surface area contributed by atoms with E-state index in [1.54, 1.807) is 36.4 Å². The van der Waals surface area contributed by atoms with Gasteiger partial charge in [0.15, 0.2) is 11.7 Å². The molecule has 0 bridgehead atoms. The molecular weight excluding hydrogens is 322 g/mol. The molecule has 0 aliphatic heterocycles. The zero-order chi connectivity index (χ0) is 17.5. The average Bonchev–Trinajstić information content (AvgIpc) is 2.57. The fourth-order valence-corrected chi connectivity index (χ4v) is 2.25. The monoisotopic (exact) mass is 337 g/mol. The van der Waals surface area contributed by atoms with Gasteiger partial charge in [-0.3, -0.25) is 9.59 Å². The highest BCUT2D eigenvalue weighted by atomic mass is 32.1. The van der Waals surface area contributed by atoms with E-state index in [9.17, 15) is 14.9 Å². The number of rotatable bonds is 5. The van der Waals surface area contributed by atoms with Crippen LogP contribution in [0.15, 0.2) is 54.6 Å². The van der Waals surface area contributed by atoms with E-state index in [-0.39, 0.29) is 10.8 Å². The van der Waals surface area contributed by atoms with E-state index in [0.717, 1.165) is 0 Å². The third kappa shape index (κ3) is 4.48. The van der Waals surface area contributed by atoms with Crippen molar-refractivity contribution in [3.05, 3.63) is 60.2 Å². The highest BCUT2D eigenvalue weighted by Crippen LogP contribution is 2.14. The van der Waals surface area contributed by atoms with E-state index in [1.165, 1.54) is 6.92 Å². The number of thiocarbonyl (C=S) groups is 1. The molecule has 2 aromatic rings. The van der Waals surface area contributed by atoms with Crippen molar-refractivity contribution in [3.63, 3.8) is 0 Å². The molecule has 0 saturated carbocycles. The molecule has 1 amide bonds. The number of hydrogen-bond donors (Lipinski definition) is 2. The highest BCUT2D eigenvalue weighted by molar-refractivity contribution is 7.80. The summed E-state index contributed by atoms with van der Waals surface area (Å²) in [6.07, 6.45) is 0. The largest absolute Gasteiger partial charge is 0.348 e. The van der Waals surface area contributed by atoms with E-state index in [1.807, 2.05) is 24.3 Å². The molecule has 2 N–H and O–H groups in total. The van der Waals surface area contributed by atoms with Gasteiger partial charge >= 0.3 is 0 Å². The molecule has 6 heteroatoms. The molecule has 2 rings (SSSR count). The van der Waals surface area contributed by atoms with Crippen molar-refractivity contribution in [2.75, 3.05) is 10.6 Å². The van der Waals surface area contributed by atoms with E-state index >= 15 is 0 Å². The fourth-order valence-electron chi connectivity index (χ4n) is 1.97. The maximum Gasteiger partial charge on any atom is 0.248 e. The van der Waals surface area contributed by atoms with Crippen molar-refractivity contribution in [2.45, 2.75) is 6.92 Å². The van der Waals surface area contributed by atoms with Gasteiger partial charge in [-0.1, -0.05) is 30.4 Å². The molecule has 0 aliphatic rings. The molecule has 1 unspecified atom stereocenters. The lowest BCUT2D eigenvalue weighted by molar-refractivity contribution is -0.116. The first-order chi connectivity index (χ1) is 11.5. The van der Waals surface area contributed by atoms with Crippen LogP contribution >= 0.6 is 12.2 Å². The Morgan fingerprint density at radius 3 is 2.12 bits per heavy atom. The summed E-state index contributed by atoms with van der Waals surface area (Å²) < 4.78 is 0. The molecule has 0 spiro atoms. The SMILES string of the molecule is CC(=O)c1ccc(NC(=O)C(C#N)C(=S)Nc2ccccc2)cc1. The fraction of sp³-hybridized carbons (Fsp3) is 0.111. The van der Waals surface area contributed by atoms with Crippen LogP contribution in [0.1, 0.15) is 17.3 Å². The van der Waals surface area contributed by atoms with Crippen LogP contribution in [0, 0.1) is 17.2 Å². The summed E-state index contributed by atoms with van der Waals surface area (Å²) in [6.45, 7) is 1.47. The average molecular weight is 337 g/mol. The number of para-hydroxylation sites is 1. The van der Waals surface area contributed by atoms with Gasteiger partial charge in [0.2, 0.25) is 5.91 Å². The molecular formula is C18H15N3O2S. The lowest BCUT2D eigenvalue weighted by Gasteiger charge is -2.13. The van der Waals surface area contributed by atoms with Crippen molar-refractivity contribution < 1.29 is 9.59 Å². The van der Waals surface area contributed by atoms with Crippen molar-refractivity contribution in [1.29, 1.82) is 5.26 Å². The van der Waals surface area contributed by atoms with Gasteiger partial charge in [-0.05, 0) is 43.3 Å². The van der Waals surface area contributed by atoms with Crippen LogP contribution in [0.5, 0.6) is 0 Å². The summed E-state index contributed by atoms with van der Waals surface area (Å²) in [7, 11) is 0. The number of ketones is 1. The Morgan fingerprint density at radius 1 is 1.00 bits per heavy atom. The normalized spacial score (nSPS) is 11.0. The number of benzene rings is 2. The lowest BCUT2D eigenvalue weighted by atomic mass is 10.1. The van der Waals surface area contributed by atoms with E-state index in [4.69, 9.17) is 12.2 Å². The van der Waals surface area contributed by atoms with Crippen LogP contribution < -0.4 is 10.6 Å². The van der Waals surface area contributed by atoms with Crippen LogP contribution in [0.25, 0.3) is 0 Å². The van der Waals surface area contributed by atoms with Crippen molar-refractivity contribution in [3.8, 4) is 6.07 Å². The minimum atomic E-state index is -1.12. The number of anilines is 2. The summed E-state index contributed by atoms with van der Waals surface area (Å²) in [5, 5.41) is 14.8. The smallest absolute Gasteiger partial charge is 0.248 e. The Kier molecular flexibility index (Phi) is 5.77. The summed E-state index contributed by atoms with van der Waals surface area (Å²) in [4.78, 5) is 23.6. The van der Waals surface area contributed by atoms with E-state index in [0.29, 0.717) is 16.9 Å². The zero-order valence-electron chi connectivity index (χ0n) is 12.9. The minimum Gasteiger partial charge on any atom is -0.348 e. The van der Waals surface area contributed by atoms with Gasteiger partial charge in [0.1, 0.15) is 4.99 Å². The van der Waals surface area contributed by atoms with Crippen LogP contribution in [0.2, 0.25) is 0 Å². The third-order valence-electron chi connectivity index (χ3n) is 3.25. The standard InChI is InChI=1S/C18H15N3O2S/c1-12(22)13-7-9-15(10-8-13)20-17(23)16(11-19)18(24)21-14-5-3-2-4-6-14/h2-10,16H,1H3,(H,20,23)(H,21,24). The van der Waals surface area contributed by atoms with Gasteiger partial charge in [-0.2, -0.15) is 5.26 Å². The van der Waals surface area contributed by atoms with Crippen molar-refractivity contribution in [1.82, 2.24) is 0 Å². The third-order valence-corrected chi connectivity index (χ3v) is 3.59. The van der Waals surface area contributed by atoms with Gasteiger partial charge in [-0.15, -0.1) is 0 Å². The maximum absolute atomic E-state index is 12.3. The van der Waals surface area contributed by atoms with Gasteiger partial charge in [0.05, 0.1) is 6.07 Å². The first kappa shape index (κ1) is 17.3. The molecule has 0 aliphatic carbocycles. The molecule has 1 atom stereocenters. The van der Waals surface area contributed by atoms with Crippen LogP contribution in [-0.2, 0) is 4.79 Å². The van der Waals surface area contributed by atoms with Crippen LogP contribution in [0.3, 0.4) is 0 Å². The van der Waals surface area contributed by atoms with E-state index < -0.39 is 11.8 Å². The molecule has 2 aromatic carbocycles. The summed E-state index contributed by atoms with van der Waals surface area (Å²) >= 11 is 5.16. The second kappa shape index (κ2) is 7.99. The number of nitrogens with one attached hydrogen (secondary N) is 2. The number of carbonyl (C=O) groups excluding carboxylic acids is 2. The minimum absolute atomic E-state index is 0.0592. The van der Waals surface area contributed by atoms with Gasteiger partial charge in [0, 0.05) is 16.9 Å². The Hall–Kier alpha value is -3.04. The molecule has 0 radical (unpaired) electrons. The zero-order valence-corrected chi connectivity index (χ0v) is 13.8. The first-order valence-electron chi connectivity index (χ1n) is 7.18. The Balaban J connectivity index is 2.04. The summed E-state index contributed by atoms with van der Waals surface area (Å²) in [5.74, 6) is -1.70. The molecule has 5 nitrogen and oxygen atoms in total. The van der Waals surface area contributed by atoms with E-state index in [2.05, 4.69) is 10.6 Å². The number of nitrogens with zero attached hydrogens (tertiary/aromatic N) is 1. The molecule has 0 saturated heterocycles. The first-order valence-corrected chi connectivity index (χ1v) is 7.59. The molecule has 120 valence electrons. The second-order valence-electron chi connectivity index (χ2n) is 5.04. The number of carbonyl (C=O) groups is 2. The Morgan fingerprint density at radius 2 is 1.58 bits per heavy atom. The quantitative estimate of drug-likeness (QED) is 0.645. The molecule has 24 heavy (non-hydrogen) atoms. The predicted octanol–water partition coefficient (Wildman–Crippen LogP) is 3.41. The van der Waals surface area contributed by atoms with Crippen molar-refractivity contribution >= 4 is 40.3 Å². The second-order valence-corrected chi connectivity index (χ2v) is 5.48. The number of Topliss-reactive ketones (excluding diaryl/α,β-unsaturated/α-hetero) is 1. The summed E-state index contributed by atoms with van der Waals surface area (Å²) in [5.41, 5.74) is 1.75. The van der Waals surface area contributed by atoms with Gasteiger partial charge in [-0.25, -0.2) is 0 Å². The number of hydrogen-bond acceptors (Lipinski definition) is 4. The van der Waals surface area contributed by atoms with Gasteiger partial charge < -0.3 is 10.6 Å². The molecule has 0 heterocycles. The number of amides is 1. The molecule has 0 fully saturated rings. The van der Waals surface area contributed by atoms with Crippen molar-refractivity contribution in [2.24, 2.45) is 5.92 Å². The molecule has 0 aromatic heterocycles. The Bertz CT molecular complexity index is 795. The maximum atomic E-state index is 12.3. The summed E-state index contributed by atoms with van der Waals surface area (Å²) in [6, 6.07) is 17.4. The topological polar surface area (TPSA) is 82.0 Å². The Labute approximate surface area is 145 Å². The number of nitriles is 1. The van der Waals surface area contributed by atoms with Gasteiger partial charge in [0.25, 0.3) is 0 Å². The highest BCUT2D eigenvalue weighted by Gasteiger charge is 2.23. The van der Waals surface area contributed by atoms with Crippen LogP contribution in [-0.4, -0.2) is 16.7 Å².